The fourth-order valence-electron chi connectivity index (χ4n) is 2.92. The third-order valence-corrected chi connectivity index (χ3v) is 4.05. The van der Waals surface area contributed by atoms with Gasteiger partial charge in [0.25, 0.3) is 5.91 Å². The summed E-state index contributed by atoms with van der Waals surface area (Å²) >= 11 is 0. The number of fused-ring (bicyclic) bond motifs is 3. The maximum atomic E-state index is 12.3. The van der Waals surface area contributed by atoms with Crippen LogP contribution in [0, 0.1) is 0 Å². The van der Waals surface area contributed by atoms with Crippen LogP contribution in [-0.4, -0.2) is 23.5 Å². The number of rotatable bonds is 4. The average Bonchev–Trinajstić information content (AvgIpc) is 2.96. The van der Waals surface area contributed by atoms with E-state index < -0.39 is 12.1 Å². The molecule has 26 heavy (non-hydrogen) atoms. The van der Waals surface area contributed by atoms with E-state index in [2.05, 4.69) is 5.32 Å². The Morgan fingerprint density at radius 3 is 2.62 bits per heavy atom. The van der Waals surface area contributed by atoms with Gasteiger partial charge < -0.3 is 14.5 Å². The SMILES string of the molecule is C[C@@H](OC(=O)Cc1coc2ccc3ccccc3c12)C(=O)NC(C)(C)C. The lowest BCUT2D eigenvalue weighted by molar-refractivity contribution is -0.154. The molecule has 0 aliphatic heterocycles. The fourth-order valence-corrected chi connectivity index (χ4v) is 2.92. The van der Waals surface area contributed by atoms with Crippen molar-refractivity contribution in [2.24, 2.45) is 0 Å². The van der Waals surface area contributed by atoms with Gasteiger partial charge >= 0.3 is 5.97 Å². The lowest BCUT2D eigenvalue weighted by Gasteiger charge is -2.23. The molecule has 1 N–H and O–H groups in total. The molecule has 3 rings (SSSR count). The summed E-state index contributed by atoms with van der Waals surface area (Å²) in [5.74, 6) is -0.773. The molecule has 3 aromatic rings. The van der Waals surface area contributed by atoms with Crippen molar-refractivity contribution in [1.29, 1.82) is 0 Å². The summed E-state index contributed by atoms with van der Waals surface area (Å²) < 4.78 is 10.9. The summed E-state index contributed by atoms with van der Waals surface area (Å²) in [6, 6.07) is 11.8. The van der Waals surface area contributed by atoms with Crippen molar-refractivity contribution < 1.29 is 18.7 Å². The molecule has 0 aliphatic carbocycles. The van der Waals surface area contributed by atoms with Crippen LogP contribution < -0.4 is 5.32 Å². The molecule has 0 saturated heterocycles. The molecule has 5 nitrogen and oxygen atoms in total. The van der Waals surface area contributed by atoms with Crippen molar-refractivity contribution >= 4 is 33.6 Å². The number of carbonyl (C=O) groups is 2. The standard InChI is InChI=1S/C21H23NO4/c1-13(20(24)22-21(2,3)4)26-18(23)11-15-12-25-17-10-9-14-7-5-6-8-16(14)19(15)17/h5-10,12-13H,11H2,1-4H3,(H,22,24)/t13-/m1/s1. The van der Waals surface area contributed by atoms with Crippen LogP contribution in [0.3, 0.4) is 0 Å². The zero-order valence-corrected chi connectivity index (χ0v) is 15.5. The Labute approximate surface area is 152 Å². The van der Waals surface area contributed by atoms with Gasteiger partial charge in [0.1, 0.15) is 5.58 Å². The second-order valence-corrected chi connectivity index (χ2v) is 7.47. The zero-order chi connectivity index (χ0) is 18.9. The van der Waals surface area contributed by atoms with E-state index in [0.717, 1.165) is 27.3 Å². The number of hydrogen-bond acceptors (Lipinski definition) is 4. The normalized spacial score (nSPS) is 12.9. The maximum Gasteiger partial charge on any atom is 0.311 e. The van der Waals surface area contributed by atoms with Crippen LogP contribution in [-0.2, 0) is 20.7 Å². The predicted molar refractivity (Wildman–Crippen MR) is 101 cm³/mol. The molecule has 0 spiro atoms. The molecule has 5 heteroatoms. The summed E-state index contributed by atoms with van der Waals surface area (Å²) in [6.07, 6.45) is 0.781. The molecule has 0 unspecified atom stereocenters. The van der Waals surface area contributed by atoms with E-state index in [4.69, 9.17) is 9.15 Å². The minimum absolute atomic E-state index is 0.0497. The maximum absolute atomic E-state index is 12.3. The molecular weight excluding hydrogens is 330 g/mol. The highest BCUT2D eigenvalue weighted by atomic mass is 16.5. The van der Waals surface area contributed by atoms with E-state index in [1.165, 1.54) is 0 Å². The third-order valence-electron chi connectivity index (χ3n) is 4.05. The van der Waals surface area contributed by atoms with Crippen LogP contribution in [0.2, 0.25) is 0 Å². The monoisotopic (exact) mass is 353 g/mol. The van der Waals surface area contributed by atoms with Gasteiger partial charge in [-0.05, 0) is 44.5 Å². The van der Waals surface area contributed by atoms with Gasteiger partial charge in [0.05, 0.1) is 12.7 Å². The molecule has 1 amide bonds. The van der Waals surface area contributed by atoms with Gasteiger partial charge in [-0.2, -0.15) is 0 Å². The van der Waals surface area contributed by atoms with E-state index in [1.807, 2.05) is 57.2 Å². The van der Waals surface area contributed by atoms with Crippen LogP contribution in [0.4, 0.5) is 0 Å². The Morgan fingerprint density at radius 1 is 1.15 bits per heavy atom. The largest absolute Gasteiger partial charge is 0.464 e. The van der Waals surface area contributed by atoms with Crippen LogP contribution >= 0.6 is 0 Å². The molecule has 0 fully saturated rings. The average molecular weight is 353 g/mol. The number of amides is 1. The number of nitrogens with one attached hydrogen (secondary N) is 1. The van der Waals surface area contributed by atoms with E-state index in [1.54, 1.807) is 13.2 Å². The first kappa shape index (κ1) is 18.0. The zero-order valence-electron chi connectivity index (χ0n) is 15.5. The van der Waals surface area contributed by atoms with Gasteiger partial charge in [0.15, 0.2) is 6.10 Å². The molecule has 0 saturated carbocycles. The van der Waals surface area contributed by atoms with Gasteiger partial charge in [-0.3, -0.25) is 9.59 Å². The Balaban J connectivity index is 1.78. The topological polar surface area (TPSA) is 68.5 Å². The van der Waals surface area contributed by atoms with Gasteiger partial charge in [-0.15, -0.1) is 0 Å². The minimum Gasteiger partial charge on any atom is -0.464 e. The highest BCUT2D eigenvalue weighted by Crippen LogP contribution is 2.30. The lowest BCUT2D eigenvalue weighted by Crippen LogP contribution is -2.46. The second kappa shape index (κ2) is 6.83. The van der Waals surface area contributed by atoms with Crippen molar-refractivity contribution in [3.63, 3.8) is 0 Å². The summed E-state index contributed by atoms with van der Waals surface area (Å²) in [6.45, 7) is 7.20. The molecular formula is C21H23NO4. The molecule has 1 aromatic heterocycles. The van der Waals surface area contributed by atoms with Crippen LogP contribution in [0.1, 0.15) is 33.3 Å². The number of furan rings is 1. The first-order chi connectivity index (χ1) is 12.2. The van der Waals surface area contributed by atoms with Crippen molar-refractivity contribution in [2.75, 3.05) is 0 Å². The van der Waals surface area contributed by atoms with Gasteiger partial charge in [-0.1, -0.05) is 30.3 Å². The first-order valence-electron chi connectivity index (χ1n) is 8.64. The fraction of sp³-hybridized carbons (Fsp3) is 0.333. The van der Waals surface area contributed by atoms with E-state index in [9.17, 15) is 9.59 Å². The molecule has 136 valence electrons. The van der Waals surface area contributed by atoms with Crippen LogP contribution in [0.15, 0.2) is 47.1 Å². The predicted octanol–water partition coefficient (Wildman–Crippen LogP) is 3.97. The number of carbonyl (C=O) groups excluding carboxylic acids is 2. The number of esters is 1. The highest BCUT2D eigenvalue weighted by Gasteiger charge is 2.23. The summed E-state index contributed by atoms with van der Waals surface area (Å²) in [5, 5.41) is 5.82. The first-order valence-corrected chi connectivity index (χ1v) is 8.64. The molecule has 2 aromatic carbocycles. The van der Waals surface area contributed by atoms with E-state index in [0.29, 0.717) is 0 Å². The summed E-state index contributed by atoms with van der Waals surface area (Å²) in [4.78, 5) is 24.4. The van der Waals surface area contributed by atoms with Crippen LogP contribution in [0.5, 0.6) is 0 Å². The quantitative estimate of drug-likeness (QED) is 0.721. The molecule has 0 aliphatic rings. The lowest BCUT2D eigenvalue weighted by atomic mass is 10.0. The van der Waals surface area contributed by atoms with Crippen molar-refractivity contribution in [2.45, 2.75) is 45.8 Å². The van der Waals surface area contributed by atoms with Crippen molar-refractivity contribution in [3.05, 3.63) is 48.2 Å². The molecule has 0 radical (unpaired) electrons. The van der Waals surface area contributed by atoms with Crippen molar-refractivity contribution in [3.8, 4) is 0 Å². The Morgan fingerprint density at radius 2 is 1.88 bits per heavy atom. The van der Waals surface area contributed by atoms with E-state index in [-0.39, 0.29) is 17.9 Å². The van der Waals surface area contributed by atoms with E-state index >= 15 is 0 Å². The molecule has 1 heterocycles. The van der Waals surface area contributed by atoms with Crippen LogP contribution in [0.25, 0.3) is 21.7 Å². The summed E-state index contributed by atoms with van der Waals surface area (Å²) in [5.41, 5.74) is 1.10. The van der Waals surface area contributed by atoms with Crippen molar-refractivity contribution in [1.82, 2.24) is 5.32 Å². The smallest absolute Gasteiger partial charge is 0.311 e. The highest BCUT2D eigenvalue weighted by molar-refractivity contribution is 6.08. The van der Waals surface area contributed by atoms with Gasteiger partial charge in [-0.25, -0.2) is 0 Å². The number of benzene rings is 2. The Kier molecular flexibility index (Phi) is 4.72. The summed E-state index contributed by atoms with van der Waals surface area (Å²) in [7, 11) is 0. The number of hydrogen-bond donors (Lipinski definition) is 1. The minimum atomic E-state index is -0.850. The van der Waals surface area contributed by atoms with Gasteiger partial charge in [0.2, 0.25) is 0 Å². The Hall–Kier alpha value is -2.82. The molecule has 0 bridgehead atoms. The molecule has 1 atom stereocenters. The number of ether oxygens (including phenoxy) is 1. The Bertz CT molecular complexity index is 965. The second-order valence-electron chi connectivity index (χ2n) is 7.47. The van der Waals surface area contributed by atoms with Gasteiger partial charge in [0, 0.05) is 16.5 Å². The third kappa shape index (κ3) is 3.87.